The van der Waals surface area contributed by atoms with E-state index in [1.807, 2.05) is 6.07 Å². The molecule has 1 unspecified atom stereocenters. The van der Waals surface area contributed by atoms with Crippen LogP contribution in [0.1, 0.15) is 18.4 Å². The Kier molecular flexibility index (Phi) is 4.72. The summed E-state index contributed by atoms with van der Waals surface area (Å²) in [4.78, 5) is 4.66. The lowest BCUT2D eigenvalue weighted by Crippen LogP contribution is -2.48. The summed E-state index contributed by atoms with van der Waals surface area (Å²) in [6.45, 7) is 5.66. The third kappa shape index (κ3) is 3.30. The van der Waals surface area contributed by atoms with Crippen molar-refractivity contribution < 1.29 is 4.74 Å². The van der Waals surface area contributed by atoms with E-state index < -0.39 is 0 Å². The van der Waals surface area contributed by atoms with Crippen molar-refractivity contribution >= 4 is 23.0 Å². The normalized spacial score (nSPS) is 22.7. The highest BCUT2D eigenvalue weighted by Gasteiger charge is 2.24. The Hall–Kier alpha value is -1.48. The maximum Gasteiger partial charge on any atom is 0.0993 e. The summed E-state index contributed by atoms with van der Waals surface area (Å²) in [7, 11) is 0. The van der Waals surface area contributed by atoms with Crippen LogP contribution in [-0.2, 0) is 4.74 Å². The molecule has 0 spiro atoms. The molecule has 3 rings (SSSR count). The number of benzene rings is 1. The molecule has 2 fully saturated rings. The molecule has 0 saturated carbocycles. The predicted molar refractivity (Wildman–Crippen MR) is 88.2 cm³/mol. The van der Waals surface area contributed by atoms with E-state index in [0.29, 0.717) is 22.4 Å². The first kappa shape index (κ1) is 15.4. The molecule has 2 saturated heterocycles. The van der Waals surface area contributed by atoms with Crippen molar-refractivity contribution in [3.05, 3.63) is 22.7 Å². The van der Waals surface area contributed by atoms with Crippen LogP contribution in [0.15, 0.2) is 12.1 Å². The number of piperazine rings is 1. The summed E-state index contributed by atoms with van der Waals surface area (Å²) in [5, 5.41) is 9.64. The molecule has 0 bridgehead atoms. The number of nitrogens with zero attached hydrogens (tertiary/aromatic N) is 3. The van der Waals surface area contributed by atoms with Gasteiger partial charge in [0.1, 0.15) is 0 Å². The maximum atomic E-state index is 9.09. The maximum absolute atomic E-state index is 9.09. The topological polar surface area (TPSA) is 65.5 Å². The fourth-order valence-corrected chi connectivity index (χ4v) is 3.40. The molecule has 2 aliphatic heterocycles. The molecule has 1 atom stereocenters. The summed E-state index contributed by atoms with van der Waals surface area (Å²) in [5.74, 6) is 0. The van der Waals surface area contributed by atoms with E-state index in [2.05, 4.69) is 15.9 Å². The number of nitrogens with two attached hydrogens (primary N) is 1. The highest BCUT2D eigenvalue weighted by molar-refractivity contribution is 6.35. The van der Waals surface area contributed by atoms with Crippen LogP contribution in [0.5, 0.6) is 0 Å². The lowest BCUT2D eigenvalue weighted by atomic mass is 10.1. The molecular weight excluding hydrogens is 300 g/mol. The molecule has 0 amide bonds. The second-order valence-electron chi connectivity index (χ2n) is 5.93. The van der Waals surface area contributed by atoms with Gasteiger partial charge in [-0.2, -0.15) is 5.26 Å². The number of halogens is 1. The highest BCUT2D eigenvalue weighted by atomic mass is 35.5. The van der Waals surface area contributed by atoms with Gasteiger partial charge in [0.25, 0.3) is 0 Å². The van der Waals surface area contributed by atoms with E-state index in [4.69, 9.17) is 27.3 Å². The van der Waals surface area contributed by atoms with E-state index in [0.717, 1.165) is 45.0 Å². The zero-order valence-electron chi connectivity index (χ0n) is 12.6. The second-order valence-corrected chi connectivity index (χ2v) is 6.31. The SMILES string of the molecule is N#Cc1cc(N)c(Cl)c(N2CCN(CC3CCCO3)CC2)c1. The van der Waals surface area contributed by atoms with Gasteiger partial charge in [0.15, 0.2) is 0 Å². The van der Waals surface area contributed by atoms with Gasteiger partial charge >= 0.3 is 0 Å². The number of nitrogen functional groups attached to an aromatic ring is 1. The largest absolute Gasteiger partial charge is 0.397 e. The summed E-state index contributed by atoms with van der Waals surface area (Å²) in [6.07, 6.45) is 2.75. The summed E-state index contributed by atoms with van der Waals surface area (Å²) in [5.41, 5.74) is 7.80. The van der Waals surface area contributed by atoms with Crippen molar-refractivity contribution in [3.63, 3.8) is 0 Å². The van der Waals surface area contributed by atoms with Gasteiger partial charge in [0.05, 0.1) is 34.1 Å². The third-order valence-electron chi connectivity index (χ3n) is 4.41. The van der Waals surface area contributed by atoms with Gasteiger partial charge < -0.3 is 15.4 Å². The van der Waals surface area contributed by atoms with Gasteiger partial charge in [0, 0.05) is 39.3 Å². The van der Waals surface area contributed by atoms with E-state index in [1.54, 1.807) is 6.07 Å². The predicted octanol–water partition coefficient (Wildman–Crippen LogP) is 2.09. The van der Waals surface area contributed by atoms with Crippen molar-refractivity contribution in [2.45, 2.75) is 18.9 Å². The number of ether oxygens (including phenoxy) is 1. The van der Waals surface area contributed by atoms with Crippen molar-refractivity contribution in [3.8, 4) is 6.07 Å². The lowest BCUT2D eigenvalue weighted by molar-refractivity contribution is 0.0713. The Morgan fingerprint density at radius 2 is 2.09 bits per heavy atom. The molecule has 1 aromatic rings. The van der Waals surface area contributed by atoms with Crippen LogP contribution in [0.25, 0.3) is 0 Å². The number of nitriles is 1. The van der Waals surface area contributed by atoms with Crippen LogP contribution < -0.4 is 10.6 Å². The van der Waals surface area contributed by atoms with Gasteiger partial charge in [0.2, 0.25) is 0 Å². The van der Waals surface area contributed by atoms with Crippen LogP contribution in [0, 0.1) is 11.3 Å². The number of anilines is 2. The number of hydrogen-bond donors (Lipinski definition) is 1. The first-order valence-electron chi connectivity index (χ1n) is 7.75. The molecule has 6 heteroatoms. The van der Waals surface area contributed by atoms with E-state index in [1.165, 1.54) is 12.8 Å². The average molecular weight is 321 g/mol. The minimum Gasteiger partial charge on any atom is -0.397 e. The quantitative estimate of drug-likeness (QED) is 0.864. The fraction of sp³-hybridized carbons (Fsp3) is 0.562. The Bertz CT molecular complexity index is 572. The molecule has 0 aromatic heterocycles. The Morgan fingerprint density at radius 3 is 2.73 bits per heavy atom. The number of hydrogen-bond acceptors (Lipinski definition) is 5. The summed E-state index contributed by atoms with van der Waals surface area (Å²) < 4.78 is 5.70. The summed E-state index contributed by atoms with van der Waals surface area (Å²) >= 11 is 6.32. The minimum absolute atomic E-state index is 0.396. The van der Waals surface area contributed by atoms with E-state index in [-0.39, 0.29) is 0 Å². The van der Waals surface area contributed by atoms with Gasteiger partial charge in [-0.1, -0.05) is 11.6 Å². The number of rotatable bonds is 3. The third-order valence-corrected chi connectivity index (χ3v) is 4.82. The Morgan fingerprint density at radius 1 is 1.32 bits per heavy atom. The molecule has 2 N–H and O–H groups in total. The molecule has 118 valence electrons. The average Bonchev–Trinajstić information content (AvgIpc) is 3.04. The monoisotopic (exact) mass is 320 g/mol. The summed E-state index contributed by atoms with van der Waals surface area (Å²) in [6, 6.07) is 5.59. The van der Waals surface area contributed by atoms with Crippen LogP contribution in [0.2, 0.25) is 5.02 Å². The first-order valence-corrected chi connectivity index (χ1v) is 8.13. The molecule has 1 aromatic carbocycles. The zero-order valence-corrected chi connectivity index (χ0v) is 13.4. The van der Waals surface area contributed by atoms with Crippen molar-refractivity contribution in [2.24, 2.45) is 0 Å². The Balaban J connectivity index is 1.63. The van der Waals surface area contributed by atoms with Crippen molar-refractivity contribution in [1.82, 2.24) is 4.90 Å². The van der Waals surface area contributed by atoms with Gasteiger partial charge in [-0.15, -0.1) is 0 Å². The molecule has 5 nitrogen and oxygen atoms in total. The van der Waals surface area contributed by atoms with Crippen molar-refractivity contribution in [2.75, 3.05) is 50.0 Å². The second kappa shape index (κ2) is 6.74. The molecule has 0 radical (unpaired) electrons. The standard InChI is InChI=1S/C16H21ClN4O/c17-16-14(19)8-12(10-18)9-15(16)21-5-3-20(4-6-21)11-13-2-1-7-22-13/h8-9,13H,1-7,11,19H2. The molecular formula is C16H21ClN4O. The molecule has 2 aliphatic rings. The molecule has 2 heterocycles. The highest BCUT2D eigenvalue weighted by Crippen LogP contribution is 2.33. The van der Waals surface area contributed by atoms with Crippen molar-refractivity contribution in [1.29, 1.82) is 5.26 Å². The first-order chi connectivity index (χ1) is 10.7. The fourth-order valence-electron chi connectivity index (χ4n) is 3.17. The van der Waals surface area contributed by atoms with Gasteiger partial charge in [-0.3, -0.25) is 4.90 Å². The molecule has 0 aliphatic carbocycles. The lowest BCUT2D eigenvalue weighted by Gasteiger charge is -2.37. The molecule has 22 heavy (non-hydrogen) atoms. The van der Waals surface area contributed by atoms with Crippen LogP contribution in [-0.4, -0.2) is 50.3 Å². The zero-order chi connectivity index (χ0) is 15.5. The van der Waals surface area contributed by atoms with Gasteiger partial charge in [-0.25, -0.2) is 0 Å². The van der Waals surface area contributed by atoms with Crippen LogP contribution >= 0.6 is 11.6 Å². The van der Waals surface area contributed by atoms with Crippen LogP contribution in [0.4, 0.5) is 11.4 Å². The van der Waals surface area contributed by atoms with E-state index in [9.17, 15) is 0 Å². The van der Waals surface area contributed by atoms with Gasteiger partial charge in [-0.05, 0) is 25.0 Å². The smallest absolute Gasteiger partial charge is 0.0993 e. The Labute approximate surface area is 136 Å². The minimum atomic E-state index is 0.396. The van der Waals surface area contributed by atoms with Crippen LogP contribution in [0.3, 0.4) is 0 Å². The van der Waals surface area contributed by atoms with E-state index >= 15 is 0 Å².